The molecule has 0 aliphatic rings. The van der Waals surface area contributed by atoms with Gasteiger partial charge in [-0.2, -0.15) is 5.10 Å². The fraction of sp³-hybridized carbons (Fsp3) is 0.233. The van der Waals surface area contributed by atoms with E-state index < -0.39 is 0 Å². The summed E-state index contributed by atoms with van der Waals surface area (Å²) < 4.78 is 12.7. The van der Waals surface area contributed by atoms with Crippen LogP contribution in [0.3, 0.4) is 0 Å². The second-order valence-electron chi connectivity index (χ2n) is 9.49. The molecule has 42 heavy (non-hydrogen) atoms. The molecule has 3 heterocycles. The third-order valence-electron chi connectivity index (χ3n) is 6.82. The van der Waals surface area contributed by atoms with Crippen LogP contribution in [0.25, 0.3) is 22.0 Å². The van der Waals surface area contributed by atoms with Crippen molar-refractivity contribution >= 4 is 57.0 Å². The Morgan fingerprint density at radius 2 is 1.79 bits per heavy atom. The van der Waals surface area contributed by atoms with Crippen molar-refractivity contribution in [1.29, 1.82) is 0 Å². The second kappa shape index (κ2) is 12.7. The van der Waals surface area contributed by atoms with E-state index in [0.717, 1.165) is 33.3 Å². The number of aromatic nitrogens is 4. The van der Waals surface area contributed by atoms with Crippen molar-refractivity contribution in [2.45, 2.75) is 20.0 Å². The Hall–Kier alpha value is -4.25. The molecule has 0 fully saturated rings. The molecule has 0 atom stereocenters. The van der Waals surface area contributed by atoms with Gasteiger partial charge in [0.1, 0.15) is 23.1 Å². The van der Waals surface area contributed by atoms with E-state index >= 15 is 0 Å². The Kier molecular flexibility index (Phi) is 8.86. The number of nitrogens with zero attached hydrogens (tertiary/aromatic N) is 4. The van der Waals surface area contributed by atoms with Gasteiger partial charge >= 0.3 is 0 Å². The van der Waals surface area contributed by atoms with Crippen molar-refractivity contribution in [3.63, 3.8) is 0 Å². The molecule has 0 aliphatic carbocycles. The van der Waals surface area contributed by atoms with Crippen LogP contribution in [0.2, 0.25) is 10.0 Å². The monoisotopic (exact) mass is 607 g/mol. The minimum absolute atomic E-state index is 0.00718. The molecule has 5 rings (SSSR count). The van der Waals surface area contributed by atoms with Crippen molar-refractivity contribution in [3.05, 3.63) is 76.2 Å². The maximum Gasteiger partial charge on any atom is 0.141 e. The topological polar surface area (TPSA) is 118 Å². The summed E-state index contributed by atoms with van der Waals surface area (Å²) in [5.41, 5.74) is 4.90. The molecular formula is C30H31Cl2N7O3. The van der Waals surface area contributed by atoms with E-state index in [1.165, 1.54) is 14.2 Å². The van der Waals surface area contributed by atoms with E-state index in [-0.39, 0.29) is 6.61 Å². The number of para-hydroxylation sites is 1. The number of pyridine rings is 2. The van der Waals surface area contributed by atoms with Gasteiger partial charge in [-0.25, -0.2) is 9.97 Å². The molecule has 4 N–H and O–H groups in total. The number of aryl methyl sites for hydroxylation is 1. The van der Waals surface area contributed by atoms with Gasteiger partial charge in [0.05, 0.1) is 60.7 Å². The van der Waals surface area contributed by atoms with Crippen LogP contribution < -0.4 is 25.4 Å². The fourth-order valence-electron chi connectivity index (χ4n) is 4.67. The maximum absolute atomic E-state index is 9.25. The second-order valence-corrected chi connectivity index (χ2v) is 10.2. The Bertz CT molecular complexity index is 1710. The number of rotatable bonds is 11. The van der Waals surface area contributed by atoms with Crippen molar-refractivity contribution in [1.82, 2.24) is 19.7 Å². The first kappa shape index (κ1) is 29.2. The highest BCUT2D eigenvalue weighted by Crippen LogP contribution is 2.46. The highest BCUT2D eigenvalue weighted by Gasteiger charge is 2.21. The number of aliphatic hydroxyl groups is 1. The Morgan fingerprint density at radius 3 is 2.48 bits per heavy atom. The molecule has 0 saturated heterocycles. The minimum atomic E-state index is 0.00718. The SMILES string of the molecule is CNc1cccc(C)c1Nc1cc2c(NCc3cnn(CCO)c3)nc(-c3c(Cl)c(OC)cc(OC)c3Cl)cc2cn1. The summed E-state index contributed by atoms with van der Waals surface area (Å²) in [4.78, 5) is 9.68. The average molecular weight is 609 g/mol. The summed E-state index contributed by atoms with van der Waals surface area (Å²) in [6, 6.07) is 11.5. The van der Waals surface area contributed by atoms with E-state index in [1.54, 1.807) is 23.1 Å². The van der Waals surface area contributed by atoms with Gasteiger partial charge in [0.2, 0.25) is 0 Å². The maximum atomic E-state index is 9.25. The van der Waals surface area contributed by atoms with Crippen molar-refractivity contribution in [3.8, 4) is 22.8 Å². The molecule has 0 spiro atoms. The smallest absolute Gasteiger partial charge is 0.141 e. The normalized spacial score (nSPS) is 11.0. The van der Waals surface area contributed by atoms with E-state index in [0.29, 0.717) is 57.5 Å². The van der Waals surface area contributed by atoms with Gasteiger partial charge in [-0.1, -0.05) is 35.3 Å². The third-order valence-corrected chi connectivity index (χ3v) is 7.57. The number of fused-ring (bicyclic) bond motifs is 1. The zero-order valence-electron chi connectivity index (χ0n) is 23.6. The minimum Gasteiger partial charge on any atom is -0.495 e. The predicted molar refractivity (Wildman–Crippen MR) is 169 cm³/mol. The summed E-state index contributed by atoms with van der Waals surface area (Å²) in [5.74, 6) is 2.07. The number of benzene rings is 2. The molecule has 0 amide bonds. The highest BCUT2D eigenvalue weighted by molar-refractivity contribution is 6.41. The number of halogens is 2. The zero-order chi connectivity index (χ0) is 29.8. The van der Waals surface area contributed by atoms with Gasteiger partial charge < -0.3 is 30.5 Å². The molecule has 0 bridgehead atoms. The fourth-order valence-corrected chi connectivity index (χ4v) is 5.36. The molecular weight excluding hydrogens is 577 g/mol. The van der Waals surface area contributed by atoms with Gasteiger partial charge in [-0.3, -0.25) is 4.68 Å². The van der Waals surface area contributed by atoms with Gasteiger partial charge in [0.25, 0.3) is 0 Å². The Labute approximate surface area is 253 Å². The summed E-state index contributed by atoms with van der Waals surface area (Å²) in [6.45, 7) is 2.90. The van der Waals surface area contributed by atoms with Gasteiger partial charge in [-0.05, 0) is 30.7 Å². The molecule has 3 aromatic heterocycles. The molecule has 0 saturated carbocycles. The summed E-state index contributed by atoms with van der Waals surface area (Å²) in [7, 11) is 4.94. The molecule has 0 unspecified atom stereocenters. The number of hydrogen-bond acceptors (Lipinski definition) is 9. The number of hydrogen-bond donors (Lipinski definition) is 4. The average Bonchev–Trinajstić information content (AvgIpc) is 3.44. The zero-order valence-corrected chi connectivity index (χ0v) is 25.1. The first-order chi connectivity index (χ1) is 20.4. The molecule has 10 nitrogen and oxygen atoms in total. The van der Waals surface area contributed by atoms with Crippen LogP contribution in [0.15, 0.2) is 55.0 Å². The van der Waals surface area contributed by atoms with Crippen molar-refractivity contribution < 1.29 is 14.6 Å². The van der Waals surface area contributed by atoms with E-state index in [4.69, 9.17) is 42.6 Å². The highest BCUT2D eigenvalue weighted by atomic mass is 35.5. The number of nitrogens with one attached hydrogen (secondary N) is 3. The van der Waals surface area contributed by atoms with Crippen LogP contribution in [0.4, 0.5) is 23.0 Å². The molecule has 2 aromatic carbocycles. The molecule has 5 aromatic rings. The lowest BCUT2D eigenvalue weighted by Crippen LogP contribution is -2.05. The van der Waals surface area contributed by atoms with E-state index in [1.807, 2.05) is 50.5 Å². The van der Waals surface area contributed by atoms with Crippen LogP contribution in [0, 0.1) is 6.92 Å². The van der Waals surface area contributed by atoms with Crippen LogP contribution in [-0.2, 0) is 13.1 Å². The van der Waals surface area contributed by atoms with Crippen LogP contribution >= 0.6 is 23.2 Å². The van der Waals surface area contributed by atoms with Crippen LogP contribution in [-0.4, -0.2) is 52.7 Å². The van der Waals surface area contributed by atoms with E-state index in [2.05, 4.69) is 21.0 Å². The lowest BCUT2D eigenvalue weighted by Gasteiger charge is -2.17. The van der Waals surface area contributed by atoms with Crippen molar-refractivity contribution in [2.75, 3.05) is 43.8 Å². The summed E-state index contributed by atoms with van der Waals surface area (Å²) >= 11 is 13.5. The Balaban J connectivity index is 1.63. The lowest BCUT2D eigenvalue weighted by atomic mass is 10.1. The largest absolute Gasteiger partial charge is 0.495 e. The van der Waals surface area contributed by atoms with Crippen LogP contribution in [0.5, 0.6) is 11.5 Å². The van der Waals surface area contributed by atoms with Crippen molar-refractivity contribution in [2.24, 2.45) is 0 Å². The van der Waals surface area contributed by atoms with Gasteiger partial charge in [-0.15, -0.1) is 0 Å². The van der Waals surface area contributed by atoms with Gasteiger partial charge in [0.15, 0.2) is 0 Å². The number of aliphatic hydroxyl groups excluding tert-OH is 1. The predicted octanol–water partition coefficient (Wildman–Crippen LogP) is 6.52. The molecule has 218 valence electrons. The Morgan fingerprint density at radius 1 is 1.02 bits per heavy atom. The quantitative estimate of drug-likeness (QED) is 0.133. The van der Waals surface area contributed by atoms with Crippen LogP contribution in [0.1, 0.15) is 11.1 Å². The first-order valence-electron chi connectivity index (χ1n) is 13.2. The standard InChI is InChI=1S/C30H31Cl2N7O3/c1-17-6-5-7-21(33-2)29(17)38-25-11-20-19(15-34-25)10-22(26-27(31)23(41-3)12-24(42-4)28(26)32)37-30(20)35-13-18-14-36-39(16-18)8-9-40/h5-7,10-12,14-16,33,40H,8-9,13H2,1-4H3,(H,34,38)(H,35,37). The number of methoxy groups -OCH3 is 2. The third kappa shape index (κ3) is 5.87. The molecule has 0 aliphatic heterocycles. The van der Waals surface area contributed by atoms with Gasteiger partial charge in [0, 0.05) is 54.0 Å². The number of ether oxygens (including phenoxy) is 2. The molecule has 12 heteroatoms. The van der Waals surface area contributed by atoms with E-state index in [9.17, 15) is 5.11 Å². The first-order valence-corrected chi connectivity index (χ1v) is 13.9. The molecule has 0 radical (unpaired) electrons. The summed E-state index contributed by atoms with van der Waals surface area (Å²) in [6.07, 6.45) is 5.41. The lowest BCUT2D eigenvalue weighted by molar-refractivity contribution is 0.269. The summed E-state index contributed by atoms with van der Waals surface area (Å²) in [5, 5.41) is 26.0. The number of anilines is 4.